The zero-order valence-corrected chi connectivity index (χ0v) is 13.7. The maximum Gasteiger partial charge on any atom is 0.269 e. The standard InChI is InChI=1S/C19H15FN2O4/c20-18-6-2-1-4-15(18)12-21(13-17-5-3-11-26-17)19(23)14-7-9-16(10-8-14)22(24)25/h1-11H,12-13H2. The van der Waals surface area contributed by atoms with Crippen LogP contribution in [0.4, 0.5) is 10.1 Å². The van der Waals surface area contributed by atoms with Gasteiger partial charge in [-0.25, -0.2) is 4.39 Å². The molecular weight excluding hydrogens is 339 g/mol. The molecule has 0 radical (unpaired) electrons. The van der Waals surface area contributed by atoms with Crippen molar-refractivity contribution in [1.82, 2.24) is 4.90 Å². The summed E-state index contributed by atoms with van der Waals surface area (Å²) in [6, 6.07) is 14.9. The van der Waals surface area contributed by atoms with Gasteiger partial charge in [0.15, 0.2) is 0 Å². The van der Waals surface area contributed by atoms with E-state index < -0.39 is 10.7 Å². The predicted molar refractivity (Wildman–Crippen MR) is 91.8 cm³/mol. The van der Waals surface area contributed by atoms with E-state index in [0.717, 1.165) is 0 Å². The highest BCUT2D eigenvalue weighted by Gasteiger charge is 2.20. The number of halogens is 1. The van der Waals surface area contributed by atoms with Crippen LogP contribution in [-0.4, -0.2) is 15.7 Å². The summed E-state index contributed by atoms with van der Waals surface area (Å²) in [5, 5.41) is 10.8. The number of amides is 1. The molecule has 0 saturated heterocycles. The highest BCUT2D eigenvalue weighted by Crippen LogP contribution is 2.18. The van der Waals surface area contributed by atoms with Crippen molar-refractivity contribution in [2.75, 3.05) is 0 Å². The first-order valence-corrected chi connectivity index (χ1v) is 7.84. The van der Waals surface area contributed by atoms with Gasteiger partial charge < -0.3 is 9.32 Å². The van der Waals surface area contributed by atoms with Gasteiger partial charge >= 0.3 is 0 Å². The number of carbonyl (C=O) groups is 1. The summed E-state index contributed by atoms with van der Waals surface area (Å²) in [6.07, 6.45) is 1.49. The molecule has 1 heterocycles. The minimum atomic E-state index is -0.534. The molecule has 6 nitrogen and oxygen atoms in total. The fraction of sp³-hybridized carbons (Fsp3) is 0.105. The quantitative estimate of drug-likeness (QED) is 0.492. The van der Waals surface area contributed by atoms with Crippen molar-refractivity contribution in [3.63, 3.8) is 0 Å². The lowest BCUT2D eigenvalue weighted by molar-refractivity contribution is -0.384. The van der Waals surface area contributed by atoms with E-state index in [1.807, 2.05) is 0 Å². The van der Waals surface area contributed by atoms with Crippen LogP contribution in [-0.2, 0) is 13.1 Å². The van der Waals surface area contributed by atoms with Gasteiger partial charge in [-0.3, -0.25) is 14.9 Å². The Morgan fingerprint density at radius 1 is 1.04 bits per heavy atom. The van der Waals surface area contributed by atoms with Gasteiger partial charge in [0, 0.05) is 29.8 Å². The Bertz CT molecular complexity index is 908. The molecule has 0 aliphatic heterocycles. The minimum absolute atomic E-state index is 0.0448. The van der Waals surface area contributed by atoms with Crippen LogP contribution in [0.3, 0.4) is 0 Å². The average Bonchev–Trinajstić information content (AvgIpc) is 3.15. The maximum absolute atomic E-state index is 14.0. The Balaban J connectivity index is 1.87. The monoisotopic (exact) mass is 354 g/mol. The van der Waals surface area contributed by atoms with E-state index in [0.29, 0.717) is 11.3 Å². The van der Waals surface area contributed by atoms with Crippen LogP contribution in [0, 0.1) is 15.9 Å². The van der Waals surface area contributed by atoms with Crippen LogP contribution < -0.4 is 0 Å². The van der Waals surface area contributed by atoms with Gasteiger partial charge in [0.05, 0.1) is 17.7 Å². The molecule has 3 rings (SSSR count). The van der Waals surface area contributed by atoms with Crippen molar-refractivity contribution in [3.05, 3.63) is 99.7 Å². The second-order valence-electron chi connectivity index (χ2n) is 5.64. The molecule has 2 aromatic carbocycles. The molecule has 0 N–H and O–H groups in total. The van der Waals surface area contributed by atoms with Gasteiger partial charge in [-0.15, -0.1) is 0 Å². The first-order chi connectivity index (χ1) is 12.5. The van der Waals surface area contributed by atoms with E-state index in [1.165, 1.54) is 41.5 Å². The predicted octanol–water partition coefficient (Wildman–Crippen LogP) is 4.17. The summed E-state index contributed by atoms with van der Waals surface area (Å²) in [6.45, 7) is 0.195. The zero-order chi connectivity index (χ0) is 18.5. The summed E-state index contributed by atoms with van der Waals surface area (Å²) in [4.78, 5) is 24.5. The molecule has 132 valence electrons. The lowest BCUT2D eigenvalue weighted by Gasteiger charge is -2.22. The molecule has 0 bridgehead atoms. The molecule has 0 aliphatic rings. The highest BCUT2D eigenvalue weighted by molar-refractivity contribution is 5.94. The number of furan rings is 1. The lowest BCUT2D eigenvalue weighted by Crippen LogP contribution is -2.30. The molecule has 26 heavy (non-hydrogen) atoms. The number of hydrogen-bond acceptors (Lipinski definition) is 4. The molecule has 1 amide bonds. The summed E-state index contributed by atoms with van der Waals surface area (Å²) >= 11 is 0. The van der Waals surface area contributed by atoms with Gasteiger partial charge in [-0.05, 0) is 30.3 Å². The van der Waals surface area contributed by atoms with E-state index >= 15 is 0 Å². The summed E-state index contributed by atoms with van der Waals surface area (Å²) in [7, 11) is 0. The number of nitro groups is 1. The second-order valence-corrected chi connectivity index (χ2v) is 5.64. The number of carbonyl (C=O) groups excluding carboxylic acids is 1. The molecule has 0 spiro atoms. The third-order valence-corrected chi connectivity index (χ3v) is 3.86. The van der Waals surface area contributed by atoms with Crippen molar-refractivity contribution in [1.29, 1.82) is 0 Å². The van der Waals surface area contributed by atoms with Gasteiger partial charge in [0.1, 0.15) is 11.6 Å². The van der Waals surface area contributed by atoms with Crippen molar-refractivity contribution in [2.24, 2.45) is 0 Å². The first kappa shape index (κ1) is 17.3. The van der Waals surface area contributed by atoms with Gasteiger partial charge in [0.25, 0.3) is 11.6 Å². The van der Waals surface area contributed by atoms with Crippen LogP contribution in [0.25, 0.3) is 0 Å². The Kier molecular flexibility index (Phi) is 5.07. The van der Waals surface area contributed by atoms with Crippen LogP contribution in [0.15, 0.2) is 71.3 Å². The minimum Gasteiger partial charge on any atom is -0.467 e. The molecule has 3 aromatic rings. The summed E-state index contributed by atoms with van der Waals surface area (Å²) in [5.41, 5.74) is 0.543. The third-order valence-electron chi connectivity index (χ3n) is 3.86. The fourth-order valence-electron chi connectivity index (χ4n) is 2.53. The first-order valence-electron chi connectivity index (χ1n) is 7.84. The van der Waals surface area contributed by atoms with Gasteiger partial charge in [0.2, 0.25) is 0 Å². The number of non-ortho nitro benzene ring substituents is 1. The van der Waals surface area contributed by atoms with Gasteiger partial charge in [-0.2, -0.15) is 0 Å². The van der Waals surface area contributed by atoms with Crippen molar-refractivity contribution in [3.8, 4) is 0 Å². The van der Waals surface area contributed by atoms with E-state index in [4.69, 9.17) is 4.42 Å². The fourth-order valence-corrected chi connectivity index (χ4v) is 2.53. The van der Waals surface area contributed by atoms with Crippen molar-refractivity contribution in [2.45, 2.75) is 13.1 Å². The SMILES string of the molecule is O=C(c1ccc([N+](=O)[O-])cc1)N(Cc1ccco1)Cc1ccccc1F. The second kappa shape index (κ2) is 7.60. The molecule has 0 fully saturated rings. The molecule has 1 aromatic heterocycles. The van der Waals surface area contributed by atoms with E-state index in [-0.39, 0.29) is 30.2 Å². The molecule has 0 aliphatic carbocycles. The Labute approximate surface area is 148 Å². The number of hydrogen-bond donors (Lipinski definition) is 0. The van der Waals surface area contributed by atoms with Crippen molar-refractivity contribution >= 4 is 11.6 Å². The molecule has 0 saturated carbocycles. The van der Waals surface area contributed by atoms with E-state index in [2.05, 4.69) is 0 Å². The number of nitrogens with zero attached hydrogens (tertiary/aromatic N) is 2. The Morgan fingerprint density at radius 2 is 1.77 bits per heavy atom. The molecule has 7 heteroatoms. The maximum atomic E-state index is 14.0. The Morgan fingerprint density at radius 3 is 2.38 bits per heavy atom. The highest BCUT2D eigenvalue weighted by atomic mass is 19.1. The molecule has 0 unspecified atom stereocenters. The summed E-state index contributed by atoms with van der Waals surface area (Å²) < 4.78 is 19.3. The van der Waals surface area contributed by atoms with Crippen LogP contribution in [0.1, 0.15) is 21.7 Å². The van der Waals surface area contributed by atoms with Gasteiger partial charge in [-0.1, -0.05) is 18.2 Å². The van der Waals surface area contributed by atoms with E-state index in [1.54, 1.807) is 30.3 Å². The van der Waals surface area contributed by atoms with E-state index in [9.17, 15) is 19.3 Å². The molecule has 0 atom stereocenters. The third kappa shape index (κ3) is 3.94. The molecular formula is C19H15FN2O4. The number of benzene rings is 2. The average molecular weight is 354 g/mol. The smallest absolute Gasteiger partial charge is 0.269 e. The van der Waals surface area contributed by atoms with Crippen LogP contribution in [0.2, 0.25) is 0 Å². The zero-order valence-electron chi connectivity index (χ0n) is 13.7. The normalized spacial score (nSPS) is 10.5. The van der Waals surface area contributed by atoms with Crippen molar-refractivity contribution < 1.29 is 18.5 Å². The number of nitro benzene ring substituents is 1. The van der Waals surface area contributed by atoms with Crippen LogP contribution >= 0.6 is 0 Å². The lowest BCUT2D eigenvalue weighted by atomic mass is 10.1. The summed E-state index contributed by atoms with van der Waals surface area (Å²) in [5.74, 6) is -0.232. The largest absolute Gasteiger partial charge is 0.467 e. The Hall–Kier alpha value is -3.48. The van der Waals surface area contributed by atoms with Crippen LogP contribution in [0.5, 0.6) is 0 Å². The number of rotatable bonds is 6. The topological polar surface area (TPSA) is 76.6 Å².